The second-order valence-corrected chi connectivity index (χ2v) is 7.00. The van der Waals surface area contributed by atoms with Gasteiger partial charge in [0.15, 0.2) is 0 Å². The fourth-order valence-electron chi connectivity index (χ4n) is 3.62. The summed E-state index contributed by atoms with van der Waals surface area (Å²) in [5.41, 5.74) is 2.48. The van der Waals surface area contributed by atoms with Gasteiger partial charge in [0.1, 0.15) is 18.7 Å². The summed E-state index contributed by atoms with van der Waals surface area (Å²) >= 11 is 0. The van der Waals surface area contributed by atoms with Gasteiger partial charge in [-0.25, -0.2) is 15.0 Å². The lowest BCUT2D eigenvalue weighted by molar-refractivity contribution is 0.198. The third-order valence-electron chi connectivity index (χ3n) is 5.04. The number of piperidine rings is 1. The quantitative estimate of drug-likeness (QED) is 0.645. The number of benzene rings is 1. The smallest absolute Gasteiger partial charge is 0.119 e. The number of hydrogen-bond acceptors (Lipinski definition) is 5. The van der Waals surface area contributed by atoms with Crippen molar-refractivity contribution < 1.29 is 4.74 Å². The Morgan fingerprint density at radius 2 is 2.00 bits per heavy atom. The van der Waals surface area contributed by atoms with E-state index < -0.39 is 0 Å². The Hall–Kier alpha value is -2.73. The van der Waals surface area contributed by atoms with E-state index in [1.54, 1.807) is 18.9 Å². The molecule has 0 bridgehead atoms. The average Bonchev–Trinajstić information content (AvgIpc) is 3.24. The van der Waals surface area contributed by atoms with Gasteiger partial charge in [-0.1, -0.05) is 12.1 Å². The fraction of sp³-hybridized carbons (Fsp3) is 0.381. The highest BCUT2D eigenvalue weighted by atomic mass is 16.5. The van der Waals surface area contributed by atoms with E-state index in [4.69, 9.17) is 4.74 Å². The molecule has 4 rings (SSSR count). The molecule has 0 N–H and O–H groups in total. The third kappa shape index (κ3) is 4.92. The number of ether oxygens (including phenoxy) is 1. The van der Waals surface area contributed by atoms with Gasteiger partial charge in [0.2, 0.25) is 0 Å². The van der Waals surface area contributed by atoms with Gasteiger partial charge in [-0.3, -0.25) is 4.90 Å². The summed E-state index contributed by atoms with van der Waals surface area (Å²) < 4.78 is 7.84. The van der Waals surface area contributed by atoms with E-state index in [1.165, 1.54) is 18.4 Å². The molecule has 3 heterocycles. The summed E-state index contributed by atoms with van der Waals surface area (Å²) in [5, 5.41) is 0. The van der Waals surface area contributed by atoms with Gasteiger partial charge in [-0.05, 0) is 43.1 Å². The second-order valence-electron chi connectivity index (χ2n) is 7.00. The lowest BCUT2D eigenvalue weighted by atomic mass is 9.94. The molecule has 140 valence electrons. The normalized spacial score (nSPS) is 17.7. The molecule has 0 radical (unpaired) electrons. The van der Waals surface area contributed by atoms with E-state index in [0.717, 1.165) is 37.6 Å². The van der Waals surface area contributed by atoms with Crippen molar-refractivity contribution in [3.8, 4) is 5.75 Å². The van der Waals surface area contributed by atoms with Crippen LogP contribution in [0.1, 0.15) is 30.0 Å². The van der Waals surface area contributed by atoms with Gasteiger partial charge in [0, 0.05) is 43.3 Å². The fourth-order valence-corrected chi connectivity index (χ4v) is 3.62. The molecule has 1 saturated heterocycles. The number of hydrogen-bond donors (Lipinski definition) is 0. The molecule has 1 atom stereocenters. The van der Waals surface area contributed by atoms with Crippen LogP contribution >= 0.6 is 0 Å². The van der Waals surface area contributed by atoms with Crippen molar-refractivity contribution in [3.05, 3.63) is 72.8 Å². The Labute approximate surface area is 159 Å². The lowest BCUT2D eigenvalue weighted by Gasteiger charge is -2.32. The predicted molar refractivity (Wildman–Crippen MR) is 103 cm³/mol. The Morgan fingerprint density at radius 3 is 2.78 bits per heavy atom. The molecule has 6 heteroatoms. The Bertz CT molecular complexity index is 804. The molecule has 1 aromatic carbocycles. The minimum atomic E-state index is 0.507. The number of nitrogens with zero attached hydrogens (tertiary/aromatic N) is 5. The summed E-state index contributed by atoms with van der Waals surface area (Å²) in [4.78, 5) is 15.0. The summed E-state index contributed by atoms with van der Waals surface area (Å²) in [5.74, 6) is 1.42. The van der Waals surface area contributed by atoms with Gasteiger partial charge in [-0.15, -0.1) is 0 Å². The molecule has 1 fully saturated rings. The molecule has 0 amide bonds. The molecular formula is C21H25N5O. The first-order valence-corrected chi connectivity index (χ1v) is 9.52. The van der Waals surface area contributed by atoms with Gasteiger partial charge in [-0.2, -0.15) is 0 Å². The minimum Gasteiger partial charge on any atom is -0.492 e. The first-order chi connectivity index (χ1) is 13.4. The summed E-state index contributed by atoms with van der Waals surface area (Å²) in [6.45, 7) is 4.62. The second kappa shape index (κ2) is 8.77. The topological polar surface area (TPSA) is 56.1 Å². The molecule has 2 aromatic heterocycles. The van der Waals surface area contributed by atoms with Crippen molar-refractivity contribution in [2.24, 2.45) is 0 Å². The van der Waals surface area contributed by atoms with Gasteiger partial charge >= 0.3 is 0 Å². The van der Waals surface area contributed by atoms with Crippen LogP contribution in [0.25, 0.3) is 0 Å². The third-order valence-corrected chi connectivity index (χ3v) is 5.04. The molecule has 1 aliphatic heterocycles. The maximum atomic E-state index is 5.82. The maximum absolute atomic E-state index is 5.82. The zero-order valence-corrected chi connectivity index (χ0v) is 15.4. The highest BCUT2D eigenvalue weighted by molar-refractivity contribution is 5.27. The summed E-state index contributed by atoms with van der Waals surface area (Å²) in [6, 6.07) is 10.5. The van der Waals surface area contributed by atoms with Crippen LogP contribution in [0.15, 0.2) is 61.6 Å². The van der Waals surface area contributed by atoms with Crippen LogP contribution in [0.4, 0.5) is 0 Å². The van der Waals surface area contributed by atoms with E-state index in [0.29, 0.717) is 12.5 Å². The lowest BCUT2D eigenvalue weighted by Crippen LogP contribution is -2.34. The first kappa shape index (κ1) is 17.7. The molecule has 3 aromatic rings. The Balaban J connectivity index is 1.27. The van der Waals surface area contributed by atoms with Crippen LogP contribution in [-0.4, -0.2) is 44.1 Å². The zero-order chi connectivity index (χ0) is 18.3. The van der Waals surface area contributed by atoms with Crippen LogP contribution in [-0.2, 0) is 13.1 Å². The average molecular weight is 363 g/mol. The van der Waals surface area contributed by atoms with Crippen molar-refractivity contribution in [1.29, 1.82) is 0 Å². The van der Waals surface area contributed by atoms with E-state index in [9.17, 15) is 0 Å². The van der Waals surface area contributed by atoms with Crippen LogP contribution < -0.4 is 4.74 Å². The Morgan fingerprint density at radius 1 is 1.07 bits per heavy atom. The molecule has 27 heavy (non-hydrogen) atoms. The number of imidazole rings is 1. The van der Waals surface area contributed by atoms with Crippen LogP contribution in [0.2, 0.25) is 0 Å². The molecule has 1 aliphatic rings. The van der Waals surface area contributed by atoms with Crippen molar-refractivity contribution in [2.45, 2.75) is 31.8 Å². The highest BCUT2D eigenvalue weighted by Crippen LogP contribution is 2.26. The largest absolute Gasteiger partial charge is 0.492 e. The van der Waals surface area contributed by atoms with Crippen LogP contribution in [0.3, 0.4) is 0 Å². The minimum absolute atomic E-state index is 0.507. The number of likely N-dealkylation sites (tertiary alicyclic amines) is 1. The maximum Gasteiger partial charge on any atom is 0.119 e. The zero-order valence-electron chi connectivity index (χ0n) is 15.4. The van der Waals surface area contributed by atoms with Gasteiger partial charge < -0.3 is 9.30 Å². The molecule has 0 saturated carbocycles. The molecular weight excluding hydrogens is 338 g/mol. The molecule has 0 spiro atoms. The van der Waals surface area contributed by atoms with Gasteiger partial charge in [0.25, 0.3) is 0 Å². The van der Waals surface area contributed by atoms with Crippen molar-refractivity contribution in [2.75, 3.05) is 19.7 Å². The molecule has 0 aliphatic carbocycles. The molecule has 0 unspecified atom stereocenters. The summed E-state index contributed by atoms with van der Waals surface area (Å²) in [7, 11) is 0. The molecule has 6 nitrogen and oxygen atoms in total. The van der Waals surface area contributed by atoms with Crippen molar-refractivity contribution in [1.82, 2.24) is 24.4 Å². The van der Waals surface area contributed by atoms with E-state index in [-0.39, 0.29) is 0 Å². The number of aromatic nitrogens is 4. The van der Waals surface area contributed by atoms with E-state index in [2.05, 4.69) is 44.1 Å². The van der Waals surface area contributed by atoms with Crippen molar-refractivity contribution >= 4 is 0 Å². The first-order valence-electron chi connectivity index (χ1n) is 9.52. The highest BCUT2D eigenvalue weighted by Gasteiger charge is 2.22. The van der Waals surface area contributed by atoms with E-state index in [1.807, 2.05) is 23.0 Å². The Kier molecular flexibility index (Phi) is 5.74. The SMILES string of the molecule is c1cc([C@H]2CCCN(Cc3ccc(OCCn4ccnc4)cc3)C2)ncn1. The standard InChI is InChI=1S/C21H25N5O/c1-2-19(21-7-8-22-16-24-21)15-26(10-1)14-18-3-5-20(6-4-18)27-13-12-25-11-9-23-17-25/h3-9,11,16-17,19H,1-2,10,12-15H2/t19-/m0/s1. The van der Waals surface area contributed by atoms with Crippen LogP contribution in [0, 0.1) is 0 Å². The predicted octanol–water partition coefficient (Wildman–Crippen LogP) is 3.13. The summed E-state index contributed by atoms with van der Waals surface area (Å²) in [6.07, 6.45) is 11.4. The monoisotopic (exact) mass is 363 g/mol. The van der Waals surface area contributed by atoms with Crippen molar-refractivity contribution in [3.63, 3.8) is 0 Å². The number of rotatable bonds is 7. The van der Waals surface area contributed by atoms with Crippen LogP contribution in [0.5, 0.6) is 5.75 Å². The van der Waals surface area contributed by atoms with Gasteiger partial charge in [0.05, 0.1) is 12.9 Å². The van der Waals surface area contributed by atoms with E-state index >= 15 is 0 Å².